The standard InChI is InChI=1S/C16H19FN4O/c1-2-18-21-9-7-20(8-10-21)12-15-11-16(19-22-15)13-3-5-14(17)6-4-13/h2-6,11H,7-10,12H2,1H3/b18-2+. The highest BCUT2D eigenvalue weighted by Crippen LogP contribution is 2.20. The van der Waals surface area contributed by atoms with Gasteiger partial charge < -0.3 is 4.52 Å². The first kappa shape index (κ1) is 14.7. The van der Waals surface area contributed by atoms with Crippen LogP contribution in [0.3, 0.4) is 0 Å². The summed E-state index contributed by atoms with van der Waals surface area (Å²) in [6.07, 6.45) is 1.82. The maximum Gasteiger partial charge on any atom is 0.151 e. The minimum Gasteiger partial charge on any atom is -0.359 e. The molecule has 1 saturated heterocycles. The molecule has 1 fully saturated rings. The summed E-state index contributed by atoms with van der Waals surface area (Å²) in [5.74, 6) is 0.576. The maximum atomic E-state index is 12.9. The smallest absolute Gasteiger partial charge is 0.151 e. The van der Waals surface area contributed by atoms with Gasteiger partial charge in [0.05, 0.1) is 6.54 Å². The molecule has 2 aromatic rings. The van der Waals surface area contributed by atoms with Crippen molar-refractivity contribution in [1.82, 2.24) is 15.1 Å². The number of piperazine rings is 1. The molecule has 6 heteroatoms. The summed E-state index contributed by atoms with van der Waals surface area (Å²) >= 11 is 0. The number of hydrazone groups is 1. The normalized spacial score (nSPS) is 16.5. The highest BCUT2D eigenvalue weighted by Gasteiger charge is 2.17. The molecule has 0 N–H and O–H groups in total. The largest absolute Gasteiger partial charge is 0.359 e. The van der Waals surface area contributed by atoms with Crippen LogP contribution < -0.4 is 0 Å². The molecule has 1 aliphatic heterocycles. The van der Waals surface area contributed by atoms with Crippen molar-refractivity contribution >= 4 is 6.21 Å². The number of hydrogen-bond acceptors (Lipinski definition) is 5. The van der Waals surface area contributed by atoms with Gasteiger partial charge in [-0.2, -0.15) is 5.10 Å². The molecular formula is C16H19FN4O. The molecule has 116 valence electrons. The third-order valence-corrected chi connectivity index (χ3v) is 3.71. The van der Waals surface area contributed by atoms with E-state index in [0.717, 1.165) is 49.7 Å². The minimum absolute atomic E-state index is 0.250. The molecule has 0 atom stereocenters. The van der Waals surface area contributed by atoms with Crippen molar-refractivity contribution in [3.05, 3.63) is 41.9 Å². The molecule has 0 saturated carbocycles. The van der Waals surface area contributed by atoms with E-state index in [1.807, 2.05) is 19.2 Å². The summed E-state index contributed by atoms with van der Waals surface area (Å²) in [6.45, 7) is 6.40. The zero-order valence-electron chi connectivity index (χ0n) is 12.6. The highest BCUT2D eigenvalue weighted by atomic mass is 19.1. The van der Waals surface area contributed by atoms with Crippen LogP contribution in [-0.2, 0) is 6.54 Å². The molecule has 0 unspecified atom stereocenters. The van der Waals surface area contributed by atoms with E-state index in [-0.39, 0.29) is 5.82 Å². The third kappa shape index (κ3) is 3.51. The van der Waals surface area contributed by atoms with Gasteiger partial charge in [-0.15, -0.1) is 0 Å². The summed E-state index contributed by atoms with van der Waals surface area (Å²) in [4.78, 5) is 2.32. The van der Waals surface area contributed by atoms with E-state index in [0.29, 0.717) is 0 Å². The Morgan fingerprint density at radius 2 is 1.95 bits per heavy atom. The second-order valence-electron chi connectivity index (χ2n) is 5.29. The van der Waals surface area contributed by atoms with Gasteiger partial charge in [-0.3, -0.25) is 9.91 Å². The van der Waals surface area contributed by atoms with Crippen LogP contribution in [0.5, 0.6) is 0 Å². The summed E-state index contributed by atoms with van der Waals surface area (Å²) in [7, 11) is 0. The van der Waals surface area contributed by atoms with Gasteiger partial charge in [0.2, 0.25) is 0 Å². The van der Waals surface area contributed by atoms with E-state index in [1.54, 1.807) is 12.1 Å². The molecule has 0 aliphatic carbocycles. The van der Waals surface area contributed by atoms with Gasteiger partial charge in [0.25, 0.3) is 0 Å². The first-order chi connectivity index (χ1) is 10.7. The molecule has 1 aromatic carbocycles. The van der Waals surface area contributed by atoms with Crippen LogP contribution in [-0.4, -0.2) is 47.5 Å². The lowest BCUT2D eigenvalue weighted by atomic mass is 10.1. The van der Waals surface area contributed by atoms with Crippen molar-refractivity contribution < 1.29 is 8.91 Å². The first-order valence-electron chi connectivity index (χ1n) is 7.42. The Morgan fingerprint density at radius 3 is 2.64 bits per heavy atom. The second-order valence-corrected chi connectivity index (χ2v) is 5.29. The average molecular weight is 302 g/mol. The lowest BCUT2D eigenvalue weighted by molar-refractivity contribution is 0.122. The van der Waals surface area contributed by atoms with Crippen LogP contribution in [0.15, 0.2) is 40.0 Å². The van der Waals surface area contributed by atoms with Crippen molar-refractivity contribution in [3.63, 3.8) is 0 Å². The summed E-state index contributed by atoms with van der Waals surface area (Å²) < 4.78 is 18.3. The Hall–Kier alpha value is -2.21. The molecule has 1 aliphatic rings. The lowest BCUT2D eigenvalue weighted by Crippen LogP contribution is -2.43. The van der Waals surface area contributed by atoms with Gasteiger partial charge in [-0.1, -0.05) is 5.16 Å². The quantitative estimate of drug-likeness (QED) is 0.814. The number of nitrogens with zero attached hydrogens (tertiary/aromatic N) is 4. The van der Waals surface area contributed by atoms with Crippen molar-refractivity contribution in [2.45, 2.75) is 13.5 Å². The summed E-state index contributed by atoms with van der Waals surface area (Å²) in [6, 6.07) is 8.19. The van der Waals surface area contributed by atoms with E-state index < -0.39 is 0 Å². The number of aromatic nitrogens is 1. The van der Waals surface area contributed by atoms with Gasteiger partial charge in [-0.05, 0) is 31.2 Å². The van der Waals surface area contributed by atoms with Gasteiger partial charge in [-0.25, -0.2) is 4.39 Å². The molecule has 0 radical (unpaired) electrons. The predicted molar refractivity (Wildman–Crippen MR) is 82.9 cm³/mol. The van der Waals surface area contributed by atoms with Crippen LogP contribution in [0.25, 0.3) is 11.3 Å². The molecule has 0 spiro atoms. The zero-order valence-corrected chi connectivity index (χ0v) is 12.6. The average Bonchev–Trinajstić information content (AvgIpc) is 2.99. The lowest BCUT2D eigenvalue weighted by Gasteiger charge is -2.32. The molecule has 0 amide bonds. The van der Waals surface area contributed by atoms with Crippen LogP contribution in [0.4, 0.5) is 4.39 Å². The van der Waals surface area contributed by atoms with Crippen molar-refractivity contribution in [1.29, 1.82) is 0 Å². The Bertz CT molecular complexity index is 630. The van der Waals surface area contributed by atoms with E-state index in [2.05, 4.69) is 20.2 Å². The Balaban J connectivity index is 1.59. The fourth-order valence-electron chi connectivity index (χ4n) is 2.54. The van der Waals surface area contributed by atoms with E-state index in [1.165, 1.54) is 12.1 Å². The predicted octanol–water partition coefficient (Wildman–Crippen LogP) is 2.60. The maximum absolute atomic E-state index is 12.9. The van der Waals surface area contributed by atoms with Crippen molar-refractivity contribution in [3.8, 4) is 11.3 Å². The number of rotatable bonds is 4. The molecule has 5 nitrogen and oxygen atoms in total. The highest BCUT2D eigenvalue weighted by molar-refractivity contribution is 5.58. The summed E-state index contributed by atoms with van der Waals surface area (Å²) in [5, 5.41) is 10.4. The van der Waals surface area contributed by atoms with Crippen LogP contribution in [0, 0.1) is 5.82 Å². The molecule has 3 rings (SSSR count). The Morgan fingerprint density at radius 1 is 1.23 bits per heavy atom. The van der Waals surface area contributed by atoms with E-state index in [4.69, 9.17) is 4.52 Å². The summed E-state index contributed by atoms with van der Waals surface area (Å²) in [5.41, 5.74) is 1.60. The van der Waals surface area contributed by atoms with Gasteiger partial charge in [0, 0.05) is 44.0 Å². The van der Waals surface area contributed by atoms with Gasteiger partial charge in [0.1, 0.15) is 11.5 Å². The van der Waals surface area contributed by atoms with Crippen LogP contribution in [0.2, 0.25) is 0 Å². The SMILES string of the molecule is C/C=N/N1CCN(Cc2cc(-c3ccc(F)cc3)no2)CC1. The van der Waals surface area contributed by atoms with Crippen molar-refractivity contribution in [2.75, 3.05) is 26.2 Å². The molecular weight excluding hydrogens is 283 g/mol. The molecule has 2 heterocycles. The Kier molecular flexibility index (Phi) is 4.48. The van der Waals surface area contributed by atoms with Gasteiger partial charge >= 0.3 is 0 Å². The number of benzene rings is 1. The fourth-order valence-corrected chi connectivity index (χ4v) is 2.54. The number of hydrogen-bond donors (Lipinski definition) is 0. The third-order valence-electron chi connectivity index (χ3n) is 3.71. The van der Waals surface area contributed by atoms with Crippen LogP contribution >= 0.6 is 0 Å². The molecule has 0 bridgehead atoms. The van der Waals surface area contributed by atoms with Crippen molar-refractivity contribution in [2.24, 2.45) is 5.10 Å². The minimum atomic E-state index is -0.250. The first-order valence-corrected chi connectivity index (χ1v) is 7.42. The van der Waals surface area contributed by atoms with Crippen LogP contribution in [0.1, 0.15) is 12.7 Å². The molecule has 22 heavy (non-hydrogen) atoms. The van der Waals surface area contributed by atoms with Gasteiger partial charge in [0.15, 0.2) is 5.76 Å². The number of halogens is 1. The Labute approximate surface area is 129 Å². The topological polar surface area (TPSA) is 44.9 Å². The monoisotopic (exact) mass is 302 g/mol. The second kappa shape index (κ2) is 6.70. The van der Waals surface area contributed by atoms with E-state index >= 15 is 0 Å². The zero-order chi connectivity index (χ0) is 15.4. The van der Waals surface area contributed by atoms with E-state index in [9.17, 15) is 4.39 Å². The molecule has 1 aromatic heterocycles. The fraction of sp³-hybridized carbons (Fsp3) is 0.375.